The van der Waals surface area contributed by atoms with Crippen LogP contribution in [-0.4, -0.2) is 130 Å². The lowest BCUT2D eigenvalue weighted by molar-refractivity contribution is -0.147. The van der Waals surface area contributed by atoms with E-state index in [-0.39, 0.29) is 28.8 Å². The predicted octanol–water partition coefficient (Wildman–Crippen LogP) is 5.34. The van der Waals surface area contributed by atoms with Crippen molar-refractivity contribution in [3.8, 4) is 5.75 Å². The van der Waals surface area contributed by atoms with Crippen LogP contribution in [0.4, 0.5) is 5.69 Å². The molecule has 1 aliphatic carbocycles. The molecule has 1 saturated carbocycles. The number of nitrogens with one attached hydrogen (secondary N) is 1. The third-order valence-electron chi connectivity index (χ3n) is 14.3. The van der Waals surface area contributed by atoms with Gasteiger partial charge < -0.3 is 19.5 Å². The summed E-state index contributed by atoms with van der Waals surface area (Å²) in [6.45, 7) is 14.3. The van der Waals surface area contributed by atoms with E-state index in [1.807, 2.05) is 25.1 Å². The van der Waals surface area contributed by atoms with Gasteiger partial charge in [0.2, 0.25) is 10.0 Å². The minimum Gasteiger partial charge on any atom is -0.487 e. The third-order valence-corrected chi connectivity index (χ3v) is 16.4. The fourth-order valence-electron chi connectivity index (χ4n) is 10.5. The highest BCUT2D eigenvalue weighted by Crippen LogP contribution is 2.54. The number of nitrogens with zero attached hydrogens (tertiary/aromatic N) is 4. The van der Waals surface area contributed by atoms with E-state index in [9.17, 15) is 23.1 Å². The van der Waals surface area contributed by atoms with E-state index >= 15 is 0 Å². The summed E-state index contributed by atoms with van der Waals surface area (Å²) in [7, 11) is -2.56. The molecule has 320 valence electrons. The van der Waals surface area contributed by atoms with Crippen LogP contribution in [0.5, 0.6) is 5.75 Å². The predicted molar refractivity (Wildman–Crippen MR) is 227 cm³/mol. The number of ether oxygens (including phenoxy) is 2. The van der Waals surface area contributed by atoms with Gasteiger partial charge in [-0.2, -0.15) is 0 Å². The van der Waals surface area contributed by atoms with Crippen molar-refractivity contribution in [3.63, 3.8) is 0 Å². The van der Waals surface area contributed by atoms with E-state index in [4.69, 9.17) is 21.1 Å². The number of aliphatic hydroxyl groups is 1. The summed E-state index contributed by atoms with van der Waals surface area (Å²) in [5.74, 6) is -0.410. The van der Waals surface area contributed by atoms with Crippen molar-refractivity contribution in [1.29, 1.82) is 0 Å². The fourth-order valence-corrected chi connectivity index (χ4v) is 12.0. The fraction of sp³-hybridized carbons (Fsp3) is 0.682. The van der Waals surface area contributed by atoms with Crippen molar-refractivity contribution in [2.24, 2.45) is 17.3 Å². The number of rotatable bonds is 5. The number of carbonyl (C=O) groups is 2. The molecular weight excluding hydrogens is 778 g/mol. The number of β-amino-alcohol motifs (C(OH)–C–C–N with tert-alkyl or cyclic N) is 1. The maximum absolute atomic E-state index is 13.7. The molecule has 2 saturated heterocycles. The first-order valence-corrected chi connectivity index (χ1v) is 23.4. The highest BCUT2D eigenvalue weighted by atomic mass is 35.5. The Morgan fingerprint density at radius 3 is 2.52 bits per heavy atom. The summed E-state index contributed by atoms with van der Waals surface area (Å²) in [6, 6.07) is 11.5. The Morgan fingerprint density at radius 2 is 1.76 bits per heavy atom. The number of hydrogen-bond acceptors (Lipinski definition) is 11. The number of hydrogen-bond donors (Lipinski definition) is 2. The number of benzene rings is 2. The summed E-state index contributed by atoms with van der Waals surface area (Å²) in [4.78, 5) is 35.3. The number of fused-ring (bicyclic) bond motifs is 4. The minimum atomic E-state index is -3.99. The van der Waals surface area contributed by atoms with E-state index in [1.165, 1.54) is 7.11 Å². The molecule has 2 unspecified atom stereocenters. The monoisotopic (exact) mass is 841 g/mol. The maximum atomic E-state index is 13.7. The third kappa shape index (κ3) is 9.65. The first kappa shape index (κ1) is 43.2. The number of methoxy groups -OCH3 is 1. The van der Waals surface area contributed by atoms with Gasteiger partial charge in [0.15, 0.2) is 0 Å². The molecule has 2 N–H and O–H groups in total. The number of amides is 1. The first-order valence-electron chi connectivity index (χ1n) is 21.5. The number of piperazine rings is 2. The van der Waals surface area contributed by atoms with Crippen molar-refractivity contribution in [1.82, 2.24) is 19.4 Å². The van der Waals surface area contributed by atoms with E-state index in [2.05, 4.69) is 31.2 Å². The van der Waals surface area contributed by atoms with Gasteiger partial charge in [0.05, 0.1) is 30.1 Å². The zero-order valence-electron chi connectivity index (χ0n) is 34.9. The molecule has 0 radical (unpaired) electrons. The lowest BCUT2D eigenvalue weighted by Gasteiger charge is -2.58. The average Bonchev–Trinajstić information content (AvgIpc) is 3.21. The normalized spacial score (nSPS) is 31.6. The highest BCUT2D eigenvalue weighted by molar-refractivity contribution is 7.90. The molecule has 7 rings (SSSR count). The molecule has 1 amide bonds. The Balaban J connectivity index is 1.19. The Bertz CT molecular complexity index is 1920. The van der Waals surface area contributed by atoms with Gasteiger partial charge in [-0.3, -0.25) is 24.3 Å². The van der Waals surface area contributed by atoms with E-state index in [0.717, 1.165) is 88.2 Å². The molecule has 4 aliphatic heterocycles. The summed E-state index contributed by atoms with van der Waals surface area (Å²) in [6.07, 6.45) is 6.80. The molecule has 4 heterocycles. The van der Waals surface area contributed by atoms with Crippen LogP contribution >= 0.6 is 11.6 Å². The molecule has 2 aromatic rings. The van der Waals surface area contributed by atoms with Crippen molar-refractivity contribution in [3.05, 3.63) is 58.1 Å². The SMILES string of the molecule is COC(=O)CCN1CCN2CCN(C[C@]3(O)CCC[C@H](C)[C@@H](C)S(=O)(=O)NC(=O)c4ccc5c(c4)N(CCCCc4cc(Cl)ccc4CO5)CC4(C)CC[C@H]43)CC2C1. The standard InChI is InChI=1S/C44H64ClN5O7S/c1-31-8-7-16-44(53,30-48-21-23-49-22-20-47(26-37(49)27-48)19-15-41(51)56-4)40-14-17-43(40,3)29-50-18-6-5-9-33-24-36(45)12-10-35(33)28-57-39-13-11-34(25-38(39)50)42(52)46-58(54,55)32(31)2/h10-13,24-25,31-32,37,40,53H,5-9,14-23,26-30H2,1-4H3,(H,46,52)/t31-,32+,37?,40+,43?,44+/m0/s1. The molecule has 12 nitrogen and oxygen atoms in total. The second-order valence-corrected chi connectivity index (χ2v) is 20.7. The smallest absolute Gasteiger partial charge is 0.306 e. The van der Waals surface area contributed by atoms with Crippen LogP contribution in [0.25, 0.3) is 0 Å². The summed E-state index contributed by atoms with van der Waals surface area (Å²) < 4.78 is 41.2. The van der Waals surface area contributed by atoms with Crippen LogP contribution in [0.2, 0.25) is 5.02 Å². The zero-order chi connectivity index (χ0) is 41.2. The van der Waals surface area contributed by atoms with Crippen molar-refractivity contribution < 1.29 is 32.6 Å². The number of aryl methyl sites for hydroxylation is 1. The molecular formula is C44H64ClN5O7S. The number of sulfonamides is 1. The van der Waals surface area contributed by atoms with Crippen LogP contribution < -0.4 is 14.4 Å². The Kier molecular flexibility index (Phi) is 13.4. The van der Waals surface area contributed by atoms with E-state index < -0.39 is 26.8 Å². The quantitative estimate of drug-likeness (QED) is 0.379. The molecule has 58 heavy (non-hydrogen) atoms. The number of esters is 1. The number of halogens is 1. The zero-order valence-corrected chi connectivity index (χ0v) is 36.5. The highest BCUT2D eigenvalue weighted by Gasteiger charge is 2.55. The van der Waals surface area contributed by atoms with E-state index in [1.54, 1.807) is 25.1 Å². The molecule has 2 bridgehead atoms. The molecule has 6 atom stereocenters. The van der Waals surface area contributed by atoms with Crippen molar-refractivity contribution in [2.75, 3.05) is 77.5 Å². The topological polar surface area (TPSA) is 132 Å². The van der Waals surface area contributed by atoms with Crippen LogP contribution in [0.15, 0.2) is 36.4 Å². The van der Waals surface area contributed by atoms with Gasteiger partial charge in [-0.15, -0.1) is 0 Å². The van der Waals surface area contributed by atoms with Gasteiger partial charge in [-0.05, 0) is 111 Å². The first-order chi connectivity index (χ1) is 27.7. The largest absolute Gasteiger partial charge is 0.487 e. The molecule has 2 aromatic carbocycles. The second-order valence-electron chi connectivity index (χ2n) is 18.2. The van der Waals surface area contributed by atoms with Gasteiger partial charge in [-0.25, -0.2) is 13.1 Å². The summed E-state index contributed by atoms with van der Waals surface area (Å²) in [5.41, 5.74) is 2.04. The van der Waals surface area contributed by atoms with Gasteiger partial charge in [0.25, 0.3) is 5.91 Å². The summed E-state index contributed by atoms with van der Waals surface area (Å²) in [5, 5.41) is 13.1. The lowest BCUT2D eigenvalue weighted by Crippen LogP contribution is -2.65. The van der Waals surface area contributed by atoms with Crippen LogP contribution in [0, 0.1) is 17.3 Å². The average molecular weight is 843 g/mol. The second kappa shape index (κ2) is 18.0. The lowest BCUT2D eigenvalue weighted by atomic mass is 9.53. The number of anilines is 1. The van der Waals surface area contributed by atoms with Crippen LogP contribution in [-0.2, 0) is 32.6 Å². The van der Waals surface area contributed by atoms with Gasteiger partial charge >= 0.3 is 5.97 Å². The van der Waals surface area contributed by atoms with Crippen molar-refractivity contribution in [2.45, 2.75) is 102 Å². The van der Waals surface area contributed by atoms with Gasteiger partial charge in [0, 0.05) is 82.1 Å². The van der Waals surface area contributed by atoms with Crippen LogP contribution in [0.1, 0.15) is 93.6 Å². The Morgan fingerprint density at radius 1 is 0.983 bits per heavy atom. The van der Waals surface area contributed by atoms with Gasteiger partial charge in [0.1, 0.15) is 12.4 Å². The number of carbonyl (C=O) groups excluding carboxylic acids is 2. The van der Waals surface area contributed by atoms with Crippen molar-refractivity contribution >= 4 is 39.2 Å². The molecule has 14 heteroatoms. The van der Waals surface area contributed by atoms with Crippen LogP contribution in [0.3, 0.4) is 0 Å². The van der Waals surface area contributed by atoms with E-state index in [0.29, 0.717) is 75.3 Å². The van der Waals surface area contributed by atoms with Gasteiger partial charge in [-0.1, -0.05) is 37.9 Å². The Hall–Kier alpha value is -2.94. The molecule has 3 fully saturated rings. The Labute approximate surface area is 350 Å². The minimum absolute atomic E-state index is 0.0192. The molecule has 0 spiro atoms. The summed E-state index contributed by atoms with van der Waals surface area (Å²) >= 11 is 6.42. The maximum Gasteiger partial charge on any atom is 0.306 e. The molecule has 5 aliphatic rings. The molecule has 0 aromatic heterocycles.